The molecule has 0 aromatic heterocycles. The number of benzene rings is 3. The van der Waals surface area contributed by atoms with Crippen LogP contribution in [0.25, 0.3) is 0 Å². The first-order chi connectivity index (χ1) is 18.0. The Morgan fingerprint density at radius 3 is 2.18 bits per heavy atom. The van der Waals surface area contributed by atoms with E-state index < -0.39 is 34.3 Å². The fraction of sp³-hybridized carbons (Fsp3) is 0.310. The van der Waals surface area contributed by atoms with Crippen LogP contribution in [0, 0.1) is 19.7 Å². The van der Waals surface area contributed by atoms with E-state index in [1.54, 1.807) is 38.1 Å². The van der Waals surface area contributed by atoms with Crippen molar-refractivity contribution in [2.75, 3.05) is 23.7 Å². The Balaban J connectivity index is 2.06. The van der Waals surface area contributed by atoms with Gasteiger partial charge in [0.05, 0.1) is 11.9 Å². The van der Waals surface area contributed by atoms with Crippen molar-refractivity contribution in [3.8, 4) is 0 Å². The number of rotatable bonds is 11. The SMILES string of the molecule is CCNC(=O)[C@H](Cc1ccccc1)N(Cc1ccc(F)cc1)C(=O)CN(c1cccc(C)c1C)S(C)(=O)=O. The van der Waals surface area contributed by atoms with Gasteiger partial charge in [-0.1, -0.05) is 54.6 Å². The van der Waals surface area contributed by atoms with Gasteiger partial charge in [-0.05, 0) is 61.2 Å². The summed E-state index contributed by atoms with van der Waals surface area (Å²) in [5.41, 5.74) is 3.48. The third kappa shape index (κ3) is 7.41. The monoisotopic (exact) mass is 539 g/mol. The Morgan fingerprint density at radius 1 is 0.921 bits per heavy atom. The van der Waals surface area contributed by atoms with Gasteiger partial charge in [-0.3, -0.25) is 13.9 Å². The molecule has 3 rings (SSSR count). The molecule has 0 bridgehead atoms. The molecule has 0 saturated carbocycles. The van der Waals surface area contributed by atoms with Crippen LogP contribution in [0.2, 0.25) is 0 Å². The minimum Gasteiger partial charge on any atom is -0.355 e. The molecule has 0 heterocycles. The molecule has 0 spiro atoms. The van der Waals surface area contributed by atoms with Crippen LogP contribution >= 0.6 is 0 Å². The molecular formula is C29H34FN3O4S. The zero-order valence-corrected chi connectivity index (χ0v) is 23.0. The van der Waals surface area contributed by atoms with Crippen LogP contribution in [-0.2, 0) is 32.6 Å². The van der Waals surface area contributed by atoms with E-state index in [0.29, 0.717) is 17.8 Å². The molecule has 7 nitrogen and oxygen atoms in total. The summed E-state index contributed by atoms with van der Waals surface area (Å²) in [5, 5.41) is 2.80. The summed E-state index contributed by atoms with van der Waals surface area (Å²) in [6.07, 6.45) is 1.28. The molecule has 0 fully saturated rings. The number of carbonyl (C=O) groups excluding carboxylic acids is 2. The maximum absolute atomic E-state index is 13.9. The number of nitrogens with zero attached hydrogens (tertiary/aromatic N) is 2. The first kappa shape index (κ1) is 28.8. The van der Waals surface area contributed by atoms with Crippen LogP contribution in [0.5, 0.6) is 0 Å². The predicted molar refractivity (Wildman–Crippen MR) is 148 cm³/mol. The number of hydrogen-bond acceptors (Lipinski definition) is 4. The molecule has 1 N–H and O–H groups in total. The summed E-state index contributed by atoms with van der Waals surface area (Å²) in [4.78, 5) is 28.6. The number of amides is 2. The lowest BCUT2D eigenvalue weighted by Gasteiger charge is -2.33. The molecule has 0 unspecified atom stereocenters. The fourth-order valence-electron chi connectivity index (χ4n) is 4.23. The summed E-state index contributed by atoms with van der Waals surface area (Å²) in [6, 6.07) is 19.3. The molecule has 2 amide bonds. The van der Waals surface area contributed by atoms with Gasteiger partial charge >= 0.3 is 0 Å². The van der Waals surface area contributed by atoms with E-state index in [0.717, 1.165) is 27.3 Å². The summed E-state index contributed by atoms with van der Waals surface area (Å²) >= 11 is 0. The van der Waals surface area contributed by atoms with Gasteiger partial charge in [0.15, 0.2) is 0 Å². The second-order valence-corrected chi connectivity index (χ2v) is 11.1. The molecule has 0 radical (unpaired) electrons. The maximum Gasteiger partial charge on any atom is 0.244 e. The predicted octanol–water partition coefficient (Wildman–Crippen LogP) is 3.98. The number of sulfonamides is 1. The quantitative estimate of drug-likeness (QED) is 0.399. The third-order valence-electron chi connectivity index (χ3n) is 6.41. The molecule has 0 saturated heterocycles. The highest BCUT2D eigenvalue weighted by Crippen LogP contribution is 2.26. The van der Waals surface area contributed by atoms with Crippen LogP contribution in [0.4, 0.5) is 10.1 Å². The van der Waals surface area contributed by atoms with E-state index >= 15 is 0 Å². The lowest BCUT2D eigenvalue weighted by molar-refractivity contribution is -0.140. The normalized spacial score (nSPS) is 12.0. The number of aryl methyl sites for hydroxylation is 1. The molecule has 0 aliphatic rings. The minimum absolute atomic E-state index is 0.00184. The summed E-state index contributed by atoms with van der Waals surface area (Å²) in [6.45, 7) is 5.33. The van der Waals surface area contributed by atoms with Crippen molar-refractivity contribution in [1.29, 1.82) is 0 Å². The van der Waals surface area contributed by atoms with Crippen LogP contribution in [0.1, 0.15) is 29.2 Å². The summed E-state index contributed by atoms with van der Waals surface area (Å²) in [5.74, 6) is -1.33. The Bertz CT molecular complexity index is 1360. The first-order valence-corrected chi connectivity index (χ1v) is 14.3. The van der Waals surface area contributed by atoms with Crippen LogP contribution in [-0.4, -0.2) is 50.5 Å². The van der Waals surface area contributed by atoms with E-state index in [4.69, 9.17) is 0 Å². The number of nitrogens with one attached hydrogen (secondary N) is 1. The molecule has 1 atom stereocenters. The van der Waals surface area contributed by atoms with Gasteiger partial charge in [0, 0.05) is 19.5 Å². The number of halogens is 1. The highest BCUT2D eigenvalue weighted by molar-refractivity contribution is 7.92. The minimum atomic E-state index is -3.84. The largest absolute Gasteiger partial charge is 0.355 e. The molecule has 3 aromatic carbocycles. The Labute approximate surface area is 224 Å². The molecular weight excluding hydrogens is 505 g/mol. The number of carbonyl (C=O) groups is 2. The Kier molecular flexibility index (Phi) is 9.63. The van der Waals surface area contributed by atoms with Gasteiger partial charge in [-0.2, -0.15) is 0 Å². The van der Waals surface area contributed by atoms with Crippen molar-refractivity contribution in [1.82, 2.24) is 10.2 Å². The van der Waals surface area contributed by atoms with E-state index in [1.807, 2.05) is 43.3 Å². The average molecular weight is 540 g/mol. The van der Waals surface area contributed by atoms with Crippen LogP contribution < -0.4 is 9.62 Å². The van der Waals surface area contributed by atoms with Gasteiger partial charge in [-0.25, -0.2) is 12.8 Å². The average Bonchev–Trinajstić information content (AvgIpc) is 2.87. The lowest BCUT2D eigenvalue weighted by Crippen LogP contribution is -2.53. The second kappa shape index (κ2) is 12.7. The number of likely N-dealkylation sites (N-methyl/N-ethyl adjacent to an activating group) is 1. The van der Waals surface area contributed by atoms with Gasteiger partial charge in [-0.15, -0.1) is 0 Å². The second-order valence-electron chi connectivity index (χ2n) is 9.24. The van der Waals surface area contributed by atoms with E-state index in [1.165, 1.54) is 17.0 Å². The molecule has 0 aliphatic heterocycles. The van der Waals surface area contributed by atoms with Crippen molar-refractivity contribution in [2.45, 2.75) is 39.8 Å². The number of hydrogen-bond donors (Lipinski definition) is 1. The lowest BCUT2D eigenvalue weighted by atomic mass is 10.0. The molecule has 202 valence electrons. The van der Waals surface area contributed by atoms with Crippen molar-refractivity contribution in [3.05, 3.63) is 101 Å². The highest BCUT2D eigenvalue weighted by atomic mass is 32.2. The maximum atomic E-state index is 13.9. The van der Waals surface area contributed by atoms with Gasteiger partial charge in [0.2, 0.25) is 21.8 Å². The van der Waals surface area contributed by atoms with Gasteiger partial charge in [0.1, 0.15) is 18.4 Å². The Hall–Kier alpha value is -3.72. The summed E-state index contributed by atoms with van der Waals surface area (Å²) in [7, 11) is -3.84. The zero-order valence-electron chi connectivity index (χ0n) is 22.1. The topological polar surface area (TPSA) is 86.8 Å². The summed E-state index contributed by atoms with van der Waals surface area (Å²) < 4.78 is 40.4. The number of anilines is 1. The molecule has 38 heavy (non-hydrogen) atoms. The third-order valence-corrected chi connectivity index (χ3v) is 7.54. The zero-order chi connectivity index (χ0) is 27.9. The van der Waals surface area contributed by atoms with Crippen LogP contribution in [0.3, 0.4) is 0 Å². The van der Waals surface area contributed by atoms with E-state index in [-0.39, 0.29) is 18.9 Å². The fourth-order valence-corrected chi connectivity index (χ4v) is 5.13. The van der Waals surface area contributed by atoms with Crippen molar-refractivity contribution < 1.29 is 22.4 Å². The standard InChI is InChI=1S/C29H34FN3O4S/c1-5-31-29(35)27(18-23-11-7-6-8-12-23)32(19-24-14-16-25(30)17-15-24)28(34)20-33(38(4,36)37)26-13-9-10-21(2)22(26)3/h6-17,27H,5,18-20H2,1-4H3,(H,31,35)/t27-/m0/s1. The smallest absolute Gasteiger partial charge is 0.244 e. The molecule has 0 aliphatic carbocycles. The Morgan fingerprint density at radius 2 is 1.58 bits per heavy atom. The highest BCUT2D eigenvalue weighted by Gasteiger charge is 2.33. The van der Waals surface area contributed by atoms with E-state index in [9.17, 15) is 22.4 Å². The molecule has 9 heteroatoms. The first-order valence-electron chi connectivity index (χ1n) is 12.4. The van der Waals surface area contributed by atoms with Crippen molar-refractivity contribution in [2.24, 2.45) is 0 Å². The molecule has 3 aromatic rings. The van der Waals surface area contributed by atoms with Crippen molar-refractivity contribution in [3.63, 3.8) is 0 Å². The van der Waals surface area contributed by atoms with Gasteiger partial charge in [0.25, 0.3) is 0 Å². The van der Waals surface area contributed by atoms with Crippen LogP contribution in [0.15, 0.2) is 72.8 Å². The van der Waals surface area contributed by atoms with Crippen molar-refractivity contribution >= 4 is 27.5 Å². The van der Waals surface area contributed by atoms with Gasteiger partial charge < -0.3 is 10.2 Å². The van der Waals surface area contributed by atoms with E-state index in [2.05, 4.69) is 5.32 Å².